The minimum Gasteiger partial charge on any atom is -0.408 e. The zero-order chi connectivity index (χ0) is 20.6. The molecule has 1 saturated heterocycles. The molecule has 0 bridgehead atoms. The van der Waals surface area contributed by atoms with E-state index < -0.39 is 15.8 Å². The number of nitrogens with zero attached hydrogens (tertiary/aromatic N) is 2. The average Bonchev–Trinajstić information content (AvgIpc) is 3.02. The lowest BCUT2D eigenvalue weighted by Crippen LogP contribution is -2.47. The molecular formula is C20H27N3O5S. The van der Waals surface area contributed by atoms with Crippen molar-refractivity contribution in [2.45, 2.75) is 55.9 Å². The lowest BCUT2D eigenvalue weighted by molar-refractivity contribution is -0.127. The summed E-state index contributed by atoms with van der Waals surface area (Å²) < 4.78 is 34.1. The Kier molecular flexibility index (Phi) is 5.52. The first-order valence-electron chi connectivity index (χ1n) is 10.3. The number of amides is 1. The molecule has 1 aliphatic carbocycles. The second-order valence-electron chi connectivity index (χ2n) is 8.10. The Morgan fingerprint density at radius 1 is 1.14 bits per heavy atom. The van der Waals surface area contributed by atoms with Crippen molar-refractivity contribution in [3.63, 3.8) is 0 Å². The van der Waals surface area contributed by atoms with Crippen LogP contribution in [0.2, 0.25) is 0 Å². The van der Waals surface area contributed by atoms with Gasteiger partial charge >= 0.3 is 5.76 Å². The van der Waals surface area contributed by atoms with Crippen LogP contribution in [0, 0.1) is 5.92 Å². The van der Waals surface area contributed by atoms with Crippen LogP contribution in [0.3, 0.4) is 0 Å². The minimum atomic E-state index is -3.77. The van der Waals surface area contributed by atoms with E-state index in [-0.39, 0.29) is 34.9 Å². The summed E-state index contributed by atoms with van der Waals surface area (Å²) in [6.07, 6.45) is 6.82. The first kappa shape index (κ1) is 20.2. The zero-order valence-electron chi connectivity index (χ0n) is 16.6. The number of aryl methyl sites for hydroxylation is 1. The Balaban J connectivity index is 1.50. The largest absolute Gasteiger partial charge is 0.419 e. The van der Waals surface area contributed by atoms with Gasteiger partial charge in [-0.05, 0) is 37.8 Å². The molecule has 1 amide bonds. The normalized spacial score (nSPS) is 22.0. The van der Waals surface area contributed by atoms with E-state index in [0.717, 1.165) is 25.7 Å². The number of fused-ring (bicyclic) bond motifs is 1. The van der Waals surface area contributed by atoms with Gasteiger partial charge in [0.1, 0.15) is 0 Å². The molecule has 2 fully saturated rings. The number of benzene rings is 1. The molecular weight excluding hydrogens is 394 g/mol. The van der Waals surface area contributed by atoms with Crippen LogP contribution in [0.25, 0.3) is 11.1 Å². The van der Waals surface area contributed by atoms with Crippen molar-refractivity contribution < 1.29 is 17.6 Å². The summed E-state index contributed by atoms with van der Waals surface area (Å²) in [5.41, 5.74) is 0.777. The number of rotatable bonds is 4. The molecule has 2 aliphatic rings. The molecule has 2 aromatic rings. The van der Waals surface area contributed by atoms with Gasteiger partial charge in [-0.3, -0.25) is 9.36 Å². The Morgan fingerprint density at radius 3 is 2.66 bits per heavy atom. The predicted molar refractivity (Wildman–Crippen MR) is 108 cm³/mol. The van der Waals surface area contributed by atoms with Crippen molar-refractivity contribution in [1.29, 1.82) is 0 Å². The van der Waals surface area contributed by atoms with Gasteiger partial charge in [0, 0.05) is 32.2 Å². The predicted octanol–water partition coefficient (Wildman–Crippen LogP) is 1.98. The number of carbonyl (C=O) groups excluding carboxylic acids is 1. The van der Waals surface area contributed by atoms with Crippen LogP contribution in [0.1, 0.15) is 44.9 Å². The third-order valence-electron chi connectivity index (χ3n) is 6.11. The highest BCUT2D eigenvalue weighted by molar-refractivity contribution is 7.89. The third-order valence-corrected chi connectivity index (χ3v) is 7.97. The minimum absolute atomic E-state index is 0.0405. The molecule has 9 heteroatoms. The van der Waals surface area contributed by atoms with E-state index in [0.29, 0.717) is 24.9 Å². The Bertz CT molecular complexity index is 1070. The number of hydrogen-bond acceptors (Lipinski definition) is 5. The molecule has 1 aromatic carbocycles. The van der Waals surface area contributed by atoms with Crippen LogP contribution in [0.5, 0.6) is 0 Å². The second-order valence-corrected chi connectivity index (χ2v) is 10.0. The fourth-order valence-electron chi connectivity index (χ4n) is 4.36. The summed E-state index contributed by atoms with van der Waals surface area (Å²) in [4.78, 5) is 24.5. The SMILES string of the molecule is Cn1c(=O)oc2cc(S(=O)(=O)N3CCCC(C(=O)NC4CCCCC4)C3)ccc21. The van der Waals surface area contributed by atoms with Crippen LogP contribution < -0.4 is 11.1 Å². The Labute approximate surface area is 169 Å². The number of piperidine rings is 1. The highest BCUT2D eigenvalue weighted by Crippen LogP contribution is 2.27. The van der Waals surface area contributed by atoms with Gasteiger partial charge in [0.05, 0.1) is 16.3 Å². The highest BCUT2D eigenvalue weighted by atomic mass is 32.2. The molecule has 4 rings (SSSR count). The van der Waals surface area contributed by atoms with Crippen LogP contribution in [-0.2, 0) is 21.9 Å². The smallest absolute Gasteiger partial charge is 0.408 e. The number of nitrogens with one attached hydrogen (secondary N) is 1. The summed E-state index contributed by atoms with van der Waals surface area (Å²) in [6, 6.07) is 4.66. The molecule has 1 atom stereocenters. The topological polar surface area (TPSA) is 102 Å². The lowest BCUT2D eigenvalue weighted by atomic mass is 9.93. The maximum absolute atomic E-state index is 13.1. The van der Waals surface area contributed by atoms with Gasteiger partial charge in [-0.2, -0.15) is 4.31 Å². The van der Waals surface area contributed by atoms with Crippen LogP contribution in [0.15, 0.2) is 32.3 Å². The number of hydrogen-bond donors (Lipinski definition) is 1. The summed E-state index contributed by atoms with van der Waals surface area (Å²) in [5, 5.41) is 3.12. The first-order chi connectivity index (χ1) is 13.9. The van der Waals surface area contributed by atoms with Crippen LogP contribution in [0.4, 0.5) is 0 Å². The van der Waals surface area contributed by atoms with Gasteiger partial charge in [-0.25, -0.2) is 13.2 Å². The van der Waals surface area contributed by atoms with Crippen LogP contribution >= 0.6 is 0 Å². The van der Waals surface area contributed by atoms with E-state index in [1.807, 2.05) is 0 Å². The third kappa shape index (κ3) is 3.98. The molecule has 1 saturated carbocycles. The van der Waals surface area contributed by atoms with Gasteiger partial charge in [-0.15, -0.1) is 0 Å². The van der Waals surface area contributed by atoms with Gasteiger partial charge in [0.2, 0.25) is 15.9 Å². The van der Waals surface area contributed by atoms with E-state index in [4.69, 9.17) is 4.42 Å². The number of carbonyl (C=O) groups is 1. The first-order valence-corrected chi connectivity index (χ1v) is 11.7. The standard InChI is InChI=1S/C20H27N3O5S/c1-22-17-10-9-16(12-18(17)28-20(22)25)29(26,27)23-11-5-6-14(13-23)19(24)21-15-7-3-2-4-8-15/h9-10,12,14-15H,2-8,11,13H2,1H3,(H,21,24). The molecule has 29 heavy (non-hydrogen) atoms. The number of sulfonamides is 1. The van der Waals surface area contributed by atoms with Crippen molar-refractivity contribution in [2.24, 2.45) is 13.0 Å². The lowest BCUT2D eigenvalue weighted by Gasteiger charge is -2.32. The van der Waals surface area contributed by atoms with Gasteiger partial charge in [0.15, 0.2) is 5.58 Å². The van der Waals surface area contributed by atoms with E-state index in [9.17, 15) is 18.0 Å². The van der Waals surface area contributed by atoms with Gasteiger partial charge in [-0.1, -0.05) is 19.3 Å². The fourth-order valence-corrected chi connectivity index (χ4v) is 5.90. The number of aromatic nitrogens is 1. The van der Waals surface area contributed by atoms with Crippen molar-refractivity contribution in [2.75, 3.05) is 13.1 Å². The van der Waals surface area contributed by atoms with E-state index in [1.54, 1.807) is 13.1 Å². The summed E-state index contributed by atoms with van der Waals surface area (Å²) in [5.74, 6) is -0.910. The van der Waals surface area contributed by atoms with Crippen LogP contribution in [-0.4, -0.2) is 42.3 Å². The van der Waals surface area contributed by atoms with Gasteiger partial charge in [0.25, 0.3) is 0 Å². The monoisotopic (exact) mass is 421 g/mol. The molecule has 8 nitrogen and oxygen atoms in total. The van der Waals surface area contributed by atoms with E-state index >= 15 is 0 Å². The zero-order valence-corrected chi connectivity index (χ0v) is 17.4. The maximum Gasteiger partial charge on any atom is 0.419 e. The molecule has 1 aliphatic heterocycles. The second kappa shape index (κ2) is 7.95. The van der Waals surface area contributed by atoms with Crippen molar-refractivity contribution in [3.8, 4) is 0 Å². The fraction of sp³-hybridized carbons (Fsp3) is 0.600. The molecule has 2 heterocycles. The summed E-state index contributed by atoms with van der Waals surface area (Å²) >= 11 is 0. The van der Waals surface area contributed by atoms with Crippen molar-refractivity contribution >= 4 is 27.0 Å². The molecule has 1 unspecified atom stereocenters. The summed E-state index contributed by atoms with van der Waals surface area (Å²) in [7, 11) is -2.20. The quantitative estimate of drug-likeness (QED) is 0.813. The molecule has 1 aromatic heterocycles. The highest BCUT2D eigenvalue weighted by Gasteiger charge is 2.34. The maximum atomic E-state index is 13.1. The van der Waals surface area contributed by atoms with Crippen molar-refractivity contribution in [3.05, 3.63) is 28.7 Å². The number of oxazole rings is 1. The van der Waals surface area contributed by atoms with Crippen molar-refractivity contribution in [1.82, 2.24) is 14.2 Å². The summed E-state index contributed by atoms with van der Waals surface area (Å²) in [6.45, 7) is 0.560. The van der Waals surface area contributed by atoms with E-state index in [2.05, 4.69) is 5.32 Å². The molecule has 1 N–H and O–H groups in total. The molecule has 158 valence electrons. The average molecular weight is 422 g/mol. The molecule has 0 spiro atoms. The van der Waals surface area contributed by atoms with Gasteiger partial charge < -0.3 is 9.73 Å². The van der Waals surface area contributed by atoms with E-state index in [1.165, 1.54) is 27.4 Å². The Morgan fingerprint density at radius 2 is 1.90 bits per heavy atom. The Hall–Kier alpha value is -2.13. The molecule has 0 radical (unpaired) electrons.